The highest BCUT2D eigenvalue weighted by molar-refractivity contribution is 7.97. The van der Waals surface area contributed by atoms with Crippen molar-refractivity contribution in [2.45, 2.75) is 18.1 Å². The van der Waals surface area contributed by atoms with Crippen LogP contribution in [0.25, 0.3) is 11.0 Å². The van der Waals surface area contributed by atoms with Gasteiger partial charge in [0.15, 0.2) is 0 Å². The molecular weight excluding hydrogens is 351 g/mol. The van der Waals surface area contributed by atoms with Crippen LogP contribution in [0.15, 0.2) is 42.5 Å². The molecule has 1 N–H and O–H groups in total. The van der Waals surface area contributed by atoms with Gasteiger partial charge in [-0.1, -0.05) is 41.4 Å². The zero-order chi connectivity index (χ0) is 16.2. The highest BCUT2D eigenvalue weighted by atomic mass is 35.5. The van der Waals surface area contributed by atoms with E-state index in [1.807, 2.05) is 47.0 Å². The Morgan fingerprint density at radius 1 is 1.09 bits per heavy atom. The summed E-state index contributed by atoms with van der Waals surface area (Å²) in [6.45, 7) is 0.582. The summed E-state index contributed by atoms with van der Waals surface area (Å²) in [5, 5.41) is 10.8. The number of hydrogen-bond acceptors (Lipinski definition) is 3. The summed E-state index contributed by atoms with van der Waals surface area (Å²) in [6.07, 6.45) is 0. The second-order valence-electron chi connectivity index (χ2n) is 5.12. The van der Waals surface area contributed by atoms with E-state index < -0.39 is 0 Å². The molecule has 3 rings (SSSR count). The molecule has 0 saturated heterocycles. The molecule has 1 aromatic heterocycles. The van der Waals surface area contributed by atoms with Crippen molar-refractivity contribution in [3.63, 3.8) is 0 Å². The number of nitrogens with zero attached hydrogens (tertiary/aromatic N) is 2. The quantitative estimate of drug-likeness (QED) is 0.682. The molecule has 0 bridgehead atoms. The lowest BCUT2D eigenvalue weighted by molar-refractivity contribution is 0.276. The molecule has 0 unspecified atom stereocenters. The fraction of sp³-hybridized carbons (Fsp3) is 0.235. The number of aliphatic hydroxyl groups excluding tert-OH is 1. The first-order chi connectivity index (χ1) is 11.2. The topological polar surface area (TPSA) is 38.0 Å². The van der Waals surface area contributed by atoms with E-state index in [-0.39, 0.29) is 6.61 Å². The predicted molar refractivity (Wildman–Crippen MR) is 98.3 cm³/mol. The van der Waals surface area contributed by atoms with Crippen molar-refractivity contribution >= 4 is 46.0 Å². The van der Waals surface area contributed by atoms with Crippen molar-refractivity contribution in [3.05, 3.63) is 63.9 Å². The number of thioether (sulfide) groups is 1. The third-order valence-corrected chi connectivity index (χ3v) is 5.14. The van der Waals surface area contributed by atoms with Gasteiger partial charge in [-0.3, -0.25) is 0 Å². The first-order valence-corrected chi connectivity index (χ1v) is 9.17. The Bertz CT molecular complexity index is 819. The normalized spacial score (nSPS) is 11.3. The fourth-order valence-corrected chi connectivity index (χ4v) is 3.90. The Morgan fingerprint density at radius 3 is 2.70 bits per heavy atom. The van der Waals surface area contributed by atoms with Gasteiger partial charge in [-0.2, -0.15) is 0 Å². The fourth-order valence-electron chi connectivity index (χ4n) is 2.47. The largest absolute Gasteiger partial charge is 0.395 e. The van der Waals surface area contributed by atoms with Crippen molar-refractivity contribution in [2.75, 3.05) is 6.61 Å². The number of aliphatic hydroxyl groups is 1. The van der Waals surface area contributed by atoms with Crippen molar-refractivity contribution < 1.29 is 5.11 Å². The Balaban J connectivity index is 1.79. The molecule has 0 atom stereocenters. The summed E-state index contributed by atoms with van der Waals surface area (Å²) in [5.74, 6) is 2.51. The monoisotopic (exact) mass is 366 g/mol. The number of aromatic nitrogens is 2. The van der Waals surface area contributed by atoms with E-state index in [1.165, 1.54) is 0 Å². The number of hydrogen-bond donors (Lipinski definition) is 1. The van der Waals surface area contributed by atoms with Gasteiger partial charge in [0.05, 0.1) is 23.4 Å². The Morgan fingerprint density at radius 2 is 1.91 bits per heavy atom. The van der Waals surface area contributed by atoms with Gasteiger partial charge in [0, 0.05) is 22.3 Å². The van der Waals surface area contributed by atoms with Gasteiger partial charge in [-0.15, -0.1) is 11.8 Å². The zero-order valence-corrected chi connectivity index (χ0v) is 14.7. The molecule has 0 amide bonds. The van der Waals surface area contributed by atoms with Crippen LogP contribution in [-0.2, 0) is 18.1 Å². The number of halogens is 2. The first-order valence-electron chi connectivity index (χ1n) is 7.25. The van der Waals surface area contributed by atoms with Crippen LogP contribution in [0.4, 0.5) is 0 Å². The van der Waals surface area contributed by atoms with Crippen LogP contribution in [0, 0.1) is 0 Å². The molecule has 0 saturated carbocycles. The van der Waals surface area contributed by atoms with Gasteiger partial charge in [0.1, 0.15) is 5.82 Å². The maximum atomic E-state index is 9.33. The molecular formula is C17H16Cl2N2OS. The number of fused-ring (bicyclic) bond motifs is 1. The van der Waals surface area contributed by atoms with Gasteiger partial charge < -0.3 is 9.67 Å². The maximum Gasteiger partial charge on any atom is 0.119 e. The van der Waals surface area contributed by atoms with Crippen LogP contribution >= 0.6 is 35.0 Å². The predicted octanol–water partition coefficient (Wildman–Crippen LogP) is 4.77. The molecule has 3 nitrogen and oxygen atoms in total. The van der Waals surface area contributed by atoms with E-state index in [0.29, 0.717) is 11.6 Å². The van der Waals surface area contributed by atoms with Crippen LogP contribution in [0.5, 0.6) is 0 Å². The summed E-state index contributed by atoms with van der Waals surface area (Å²) >= 11 is 14.0. The molecule has 0 spiro atoms. The lowest BCUT2D eigenvalue weighted by Crippen LogP contribution is -2.06. The molecule has 0 radical (unpaired) electrons. The molecule has 120 valence electrons. The van der Waals surface area contributed by atoms with E-state index in [1.54, 1.807) is 11.8 Å². The van der Waals surface area contributed by atoms with Gasteiger partial charge in [0.2, 0.25) is 0 Å². The molecule has 0 aliphatic rings. The molecule has 23 heavy (non-hydrogen) atoms. The van der Waals surface area contributed by atoms with Crippen LogP contribution in [0.2, 0.25) is 10.0 Å². The van der Waals surface area contributed by atoms with E-state index in [9.17, 15) is 5.11 Å². The summed E-state index contributed by atoms with van der Waals surface area (Å²) in [6, 6.07) is 13.5. The highest BCUT2D eigenvalue weighted by Crippen LogP contribution is 2.26. The van der Waals surface area contributed by atoms with Gasteiger partial charge in [-0.25, -0.2) is 4.98 Å². The Labute approximate surface area is 149 Å². The smallest absolute Gasteiger partial charge is 0.119 e. The minimum Gasteiger partial charge on any atom is -0.395 e. The molecule has 0 aliphatic carbocycles. The summed E-state index contributed by atoms with van der Waals surface area (Å²) in [5.41, 5.74) is 2.98. The van der Waals surface area contributed by atoms with Crippen molar-refractivity contribution in [2.24, 2.45) is 0 Å². The average Bonchev–Trinajstić information content (AvgIpc) is 2.87. The lowest BCUT2D eigenvalue weighted by Gasteiger charge is -2.08. The first kappa shape index (κ1) is 16.7. The molecule has 2 aromatic carbocycles. The highest BCUT2D eigenvalue weighted by Gasteiger charge is 2.11. The van der Waals surface area contributed by atoms with E-state index in [4.69, 9.17) is 23.2 Å². The zero-order valence-electron chi connectivity index (χ0n) is 12.4. The summed E-state index contributed by atoms with van der Waals surface area (Å²) in [7, 11) is 0. The van der Waals surface area contributed by atoms with Crippen LogP contribution in [0.3, 0.4) is 0 Å². The number of benzene rings is 2. The summed E-state index contributed by atoms with van der Waals surface area (Å²) in [4.78, 5) is 4.67. The molecule has 0 aliphatic heterocycles. The van der Waals surface area contributed by atoms with Crippen molar-refractivity contribution in [1.82, 2.24) is 9.55 Å². The standard InChI is InChI=1S/C17H16Cl2N2OS/c18-13-5-6-15-16(9-13)21(7-8-22)17(20-15)11-23-10-12-3-1-2-4-14(12)19/h1-6,9,22H,7-8,10-11H2. The van der Waals surface area contributed by atoms with Crippen LogP contribution < -0.4 is 0 Å². The van der Waals surface area contributed by atoms with E-state index in [2.05, 4.69) is 4.98 Å². The third-order valence-electron chi connectivity index (χ3n) is 3.56. The second-order valence-corrected chi connectivity index (χ2v) is 6.95. The minimum atomic E-state index is 0.0696. The maximum absolute atomic E-state index is 9.33. The SMILES string of the molecule is OCCn1c(CSCc2ccccc2Cl)nc2ccc(Cl)cc21. The Hall–Kier alpha value is -1.20. The molecule has 3 aromatic rings. The third kappa shape index (κ3) is 3.83. The number of rotatable bonds is 6. The van der Waals surface area contributed by atoms with Gasteiger partial charge in [-0.05, 0) is 29.8 Å². The van der Waals surface area contributed by atoms with Crippen molar-refractivity contribution in [1.29, 1.82) is 0 Å². The average molecular weight is 367 g/mol. The minimum absolute atomic E-state index is 0.0696. The van der Waals surface area contributed by atoms with E-state index >= 15 is 0 Å². The van der Waals surface area contributed by atoms with Crippen LogP contribution in [0.1, 0.15) is 11.4 Å². The molecule has 6 heteroatoms. The number of imidazole rings is 1. The van der Waals surface area contributed by atoms with Gasteiger partial charge >= 0.3 is 0 Å². The summed E-state index contributed by atoms with van der Waals surface area (Å²) < 4.78 is 2.03. The van der Waals surface area contributed by atoms with Crippen LogP contribution in [-0.4, -0.2) is 21.3 Å². The Kier molecular flexibility index (Phi) is 5.49. The van der Waals surface area contributed by atoms with Crippen molar-refractivity contribution in [3.8, 4) is 0 Å². The molecule has 0 fully saturated rings. The van der Waals surface area contributed by atoms with E-state index in [0.717, 1.165) is 38.9 Å². The van der Waals surface area contributed by atoms with Gasteiger partial charge in [0.25, 0.3) is 0 Å². The molecule has 1 heterocycles. The second kappa shape index (κ2) is 7.58. The lowest BCUT2D eigenvalue weighted by atomic mass is 10.2.